The third-order valence-corrected chi connectivity index (χ3v) is 4.29. The lowest BCUT2D eigenvalue weighted by Crippen LogP contribution is -2.29. The molecule has 0 bridgehead atoms. The highest BCUT2D eigenvalue weighted by molar-refractivity contribution is 14.1. The van der Waals surface area contributed by atoms with Gasteiger partial charge in [-0.05, 0) is 66.5 Å². The highest BCUT2D eigenvalue weighted by Crippen LogP contribution is 2.24. The van der Waals surface area contributed by atoms with Crippen LogP contribution in [-0.2, 0) is 4.74 Å². The van der Waals surface area contributed by atoms with Gasteiger partial charge in [-0.3, -0.25) is 0 Å². The SMILES string of the molecule is COC1CCC(NC(C)c2ccc(I)cc2)C1. The highest BCUT2D eigenvalue weighted by Gasteiger charge is 2.25. The van der Waals surface area contributed by atoms with Gasteiger partial charge in [0, 0.05) is 22.8 Å². The first kappa shape index (κ1) is 13.3. The van der Waals surface area contributed by atoms with Gasteiger partial charge in [-0.25, -0.2) is 0 Å². The highest BCUT2D eigenvalue weighted by atomic mass is 127. The van der Waals surface area contributed by atoms with Gasteiger partial charge in [-0.15, -0.1) is 0 Å². The van der Waals surface area contributed by atoms with Gasteiger partial charge >= 0.3 is 0 Å². The molecule has 17 heavy (non-hydrogen) atoms. The van der Waals surface area contributed by atoms with Crippen molar-refractivity contribution in [3.8, 4) is 0 Å². The van der Waals surface area contributed by atoms with Crippen molar-refractivity contribution in [2.24, 2.45) is 0 Å². The molecule has 0 saturated heterocycles. The van der Waals surface area contributed by atoms with Crippen molar-refractivity contribution in [1.82, 2.24) is 5.32 Å². The second kappa shape index (κ2) is 6.16. The molecule has 1 N–H and O–H groups in total. The van der Waals surface area contributed by atoms with Crippen molar-refractivity contribution in [2.45, 2.75) is 44.4 Å². The minimum absolute atomic E-state index is 0.424. The molecule has 0 radical (unpaired) electrons. The van der Waals surface area contributed by atoms with Gasteiger partial charge in [0.15, 0.2) is 0 Å². The Hall–Kier alpha value is -0.130. The number of halogens is 1. The smallest absolute Gasteiger partial charge is 0.0586 e. The topological polar surface area (TPSA) is 21.3 Å². The predicted octanol–water partition coefficient (Wildman–Crippen LogP) is 3.51. The largest absolute Gasteiger partial charge is 0.381 e. The van der Waals surface area contributed by atoms with E-state index in [1.165, 1.54) is 22.0 Å². The molecule has 0 heterocycles. The van der Waals surface area contributed by atoms with E-state index >= 15 is 0 Å². The molecule has 94 valence electrons. The summed E-state index contributed by atoms with van der Waals surface area (Å²) in [6, 6.07) is 9.79. The van der Waals surface area contributed by atoms with Crippen LogP contribution in [0.1, 0.15) is 37.8 Å². The quantitative estimate of drug-likeness (QED) is 0.844. The summed E-state index contributed by atoms with van der Waals surface area (Å²) in [6.45, 7) is 2.24. The van der Waals surface area contributed by atoms with Crippen LogP contribution < -0.4 is 5.32 Å². The van der Waals surface area contributed by atoms with Crippen molar-refractivity contribution < 1.29 is 4.74 Å². The maximum Gasteiger partial charge on any atom is 0.0586 e. The summed E-state index contributed by atoms with van der Waals surface area (Å²) in [5, 5.41) is 3.70. The number of nitrogens with one attached hydrogen (secondary N) is 1. The molecule has 1 aromatic carbocycles. The van der Waals surface area contributed by atoms with E-state index in [2.05, 4.69) is 59.1 Å². The normalized spacial score (nSPS) is 26.1. The molecule has 3 heteroatoms. The molecule has 0 amide bonds. The summed E-state index contributed by atoms with van der Waals surface area (Å²) in [6.07, 6.45) is 4.02. The monoisotopic (exact) mass is 345 g/mol. The number of hydrogen-bond donors (Lipinski definition) is 1. The van der Waals surface area contributed by atoms with E-state index < -0.39 is 0 Å². The van der Waals surface area contributed by atoms with Crippen LogP contribution in [0.5, 0.6) is 0 Å². The molecule has 1 aliphatic rings. The van der Waals surface area contributed by atoms with Crippen molar-refractivity contribution in [1.29, 1.82) is 0 Å². The zero-order chi connectivity index (χ0) is 12.3. The van der Waals surface area contributed by atoms with E-state index in [0.717, 1.165) is 6.42 Å². The van der Waals surface area contributed by atoms with Gasteiger partial charge < -0.3 is 10.1 Å². The fraction of sp³-hybridized carbons (Fsp3) is 0.571. The predicted molar refractivity (Wildman–Crippen MR) is 79.1 cm³/mol. The summed E-state index contributed by atoms with van der Waals surface area (Å²) in [4.78, 5) is 0. The van der Waals surface area contributed by atoms with Crippen molar-refractivity contribution >= 4 is 22.6 Å². The summed E-state index contributed by atoms with van der Waals surface area (Å²) in [5.74, 6) is 0. The molecular weight excluding hydrogens is 325 g/mol. The fourth-order valence-corrected chi connectivity index (χ4v) is 2.87. The average molecular weight is 345 g/mol. The Bertz CT molecular complexity index is 352. The molecular formula is C14H20INO. The Morgan fingerprint density at radius 1 is 1.29 bits per heavy atom. The summed E-state index contributed by atoms with van der Waals surface area (Å²) >= 11 is 2.34. The van der Waals surface area contributed by atoms with Crippen LogP contribution in [0, 0.1) is 3.57 Å². The Kier molecular flexibility index (Phi) is 4.82. The Morgan fingerprint density at radius 2 is 2.00 bits per heavy atom. The van der Waals surface area contributed by atoms with E-state index in [0.29, 0.717) is 18.2 Å². The van der Waals surface area contributed by atoms with Crippen molar-refractivity contribution in [3.63, 3.8) is 0 Å². The van der Waals surface area contributed by atoms with Crippen LogP contribution in [0.15, 0.2) is 24.3 Å². The number of rotatable bonds is 4. The van der Waals surface area contributed by atoms with E-state index in [1.807, 2.05) is 7.11 Å². The Balaban J connectivity index is 1.89. The van der Waals surface area contributed by atoms with Gasteiger partial charge in [0.2, 0.25) is 0 Å². The molecule has 0 spiro atoms. The van der Waals surface area contributed by atoms with Crippen LogP contribution in [-0.4, -0.2) is 19.3 Å². The molecule has 1 aromatic rings. The summed E-state index contributed by atoms with van der Waals surface area (Å²) in [5.41, 5.74) is 1.37. The third kappa shape index (κ3) is 3.66. The maximum absolute atomic E-state index is 5.40. The minimum Gasteiger partial charge on any atom is -0.381 e. The first-order valence-electron chi connectivity index (χ1n) is 6.23. The molecule has 2 nitrogen and oxygen atoms in total. The first-order valence-corrected chi connectivity index (χ1v) is 7.31. The molecule has 0 aliphatic heterocycles. The second-order valence-electron chi connectivity index (χ2n) is 4.81. The molecule has 3 unspecified atom stereocenters. The van der Waals surface area contributed by atoms with Crippen molar-refractivity contribution in [3.05, 3.63) is 33.4 Å². The van der Waals surface area contributed by atoms with Crippen LogP contribution in [0.2, 0.25) is 0 Å². The van der Waals surface area contributed by atoms with Crippen LogP contribution >= 0.6 is 22.6 Å². The van der Waals surface area contributed by atoms with Crippen LogP contribution in [0.25, 0.3) is 0 Å². The number of hydrogen-bond acceptors (Lipinski definition) is 2. The standard InChI is InChI=1S/C14H20INO/c1-10(11-3-5-12(15)6-4-11)16-13-7-8-14(9-13)17-2/h3-6,10,13-14,16H,7-9H2,1-2H3. The Labute approximate surface area is 117 Å². The zero-order valence-electron chi connectivity index (χ0n) is 10.4. The molecule has 0 aromatic heterocycles. The first-order chi connectivity index (χ1) is 8.19. The Morgan fingerprint density at radius 3 is 2.59 bits per heavy atom. The zero-order valence-corrected chi connectivity index (χ0v) is 12.6. The lowest BCUT2D eigenvalue weighted by molar-refractivity contribution is 0.106. The van der Waals surface area contributed by atoms with E-state index in [1.54, 1.807) is 0 Å². The van der Waals surface area contributed by atoms with Gasteiger partial charge in [0.05, 0.1) is 6.10 Å². The minimum atomic E-state index is 0.424. The van der Waals surface area contributed by atoms with Gasteiger partial charge in [-0.1, -0.05) is 12.1 Å². The second-order valence-corrected chi connectivity index (χ2v) is 6.05. The number of ether oxygens (including phenoxy) is 1. The van der Waals surface area contributed by atoms with Gasteiger partial charge in [0.25, 0.3) is 0 Å². The number of benzene rings is 1. The van der Waals surface area contributed by atoms with Gasteiger partial charge in [0.1, 0.15) is 0 Å². The van der Waals surface area contributed by atoms with Crippen LogP contribution in [0.4, 0.5) is 0 Å². The number of methoxy groups -OCH3 is 1. The maximum atomic E-state index is 5.40. The van der Waals surface area contributed by atoms with Gasteiger partial charge in [-0.2, -0.15) is 0 Å². The molecule has 2 rings (SSSR count). The van der Waals surface area contributed by atoms with E-state index in [9.17, 15) is 0 Å². The molecule has 1 fully saturated rings. The fourth-order valence-electron chi connectivity index (χ4n) is 2.51. The van der Waals surface area contributed by atoms with Crippen molar-refractivity contribution in [2.75, 3.05) is 7.11 Å². The summed E-state index contributed by atoms with van der Waals surface area (Å²) in [7, 11) is 1.82. The van der Waals surface area contributed by atoms with E-state index in [4.69, 9.17) is 4.74 Å². The lowest BCUT2D eigenvalue weighted by Gasteiger charge is -2.20. The molecule has 1 saturated carbocycles. The lowest BCUT2D eigenvalue weighted by atomic mass is 10.1. The average Bonchev–Trinajstić information content (AvgIpc) is 2.77. The van der Waals surface area contributed by atoms with Crippen LogP contribution in [0.3, 0.4) is 0 Å². The molecule has 3 atom stereocenters. The van der Waals surface area contributed by atoms with E-state index in [-0.39, 0.29) is 0 Å². The molecule has 1 aliphatic carbocycles. The summed E-state index contributed by atoms with van der Waals surface area (Å²) < 4.78 is 6.69. The third-order valence-electron chi connectivity index (χ3n) is 3.57.